The number of rotatable bonds is 13. The van der Waals surface area contributed by atoms with Gasteiger partial charge in [-0.25, -0.2) is 0 Å². The van der Waals surface area contributed by atoms with Crippen LogP contribution in [-0.2, 0) is 9.59 Å². The molecular weight excluding hydrogens is 266 g/mol. The van der Waals surface area contributed by atoms with Gasteiger partial charge in [0.15, 0.2) is 0 Å². The van der Waals surface area contributed by atoms with Crippen LogP contribution >= 0.6 is 0 Å². The van der Waals surface area contributed by atoms with Gasteiger partial charge >= 0.3 is 5.97 Å². The second kappa shape index (κ2) is 12.7. The van der Waals surface area contributed by atoms with Gasteiger partial charge in [0, 0.05) is 12.5 Å². The first-order valence-electron chi connectivity index (χ1n) is 8.50. The number of hydrogen-bond donors (Lipinski definition) is 1. The summed E-state index contributed by atoms with van der Waals surface area (Å²) in [4.78, 5) is 24.2. The lowest BCUT2D eigenvalue weighted by Crippen LogP contribution is -2.40. The Balaban J connectivity index is 3.65. The topological polar surface area (TPSA) is 57.6 Å². The Morgan fingerprint density at radius 1 is 0.905 bits per heavy atom. The molecule has 4 heteroatoms. The van der Waals surface area contributed by atoms with E-state index in [4.69, 9.17) is 5.11 Å². The molecule has 0 saturated heterocycles. The van der Waals surface area contributed by atoms with Crippen LogP contribution in [0.1, 0.15) is 85.0 Å². The summed E-state index contributed by atoms with van der Waals surface area (Å²) in [6.45, 7) is 5.75. The van der Waals surface area contributed by atoms with Gasteiger partial charge in [0.05, 0.1) is 0 Å². The average molecular weight is 299 g/mol. The second-order valence-electron chi connectivity index (χ2n) is 6.09. The summed E-state index contributed by atoms with van der Waals surface area (Å²) in [5.74, 6) is -0.973. The minimum absolute atomic E-state index is 0.0321. The average Bonchev–Trinajstić information content (AvgIpc) is 2.42. The van der Waals surface area contributed by atoms with Crippen LogP contribution in [0.25, 0.3) is 0 Å². The summed E-state index contributed by atoms with van der Waals surface area (Å²) in [5.41, 5.74) is 0. The summed E-state index contributed by atoms with van der Waals surface area (Å²) >= 11 is 0. The van der Waals surface area contributed by atoms with E-state index in [1.165, 1.54) is 49.8 Å². The highest BCUT2D eigenvalue weighted by Crippen LogP contribution is 2.12. The van der Waals surface area contributed by atoms with E-state index in [9.17, 15) is 9.59 Å². The van der Waals surface area contributed by atoms with Crippen LogP contribution in [0.5, 0.6) is 0 Å². The van der Waals surface area contributed by atoms with Gasteiger partial charge in [0.25, 0.3) is 0 Å². The number of unbranched alkanes of at least 4 members (excludes halogenated alkanes) is 8. The van der Waals surface area contributed by atoms with E-state index in [1.807, 2.05) is 13.8 Å². The van der Waals surface area contributed by atoms with Crippen molar-refractivity contribution in [2.24, 2.45) is 0 Å². The van der Waals surface area contributed by atoms with Crippen LogP contribution < -0.4 is 0 Å². The van der Waals surface area contributed by atoms with Crippen molar-refractivity contribution in [1.82, 2.24) is 4.90 Å². The lowest BCUT2D eigenvalue weighted by Gasteiger charge is -2.24. The van der Waals surface area contributed by atoms with Crippen LogP contribution in [-0.4, -0.2) is 34.5 Å². The van der Waals surface area contributed by atoms with Crippen molar-refractivity contribution < 1.29 is 14.7 Å². The zero-order chi connectivity index (χ0) is 16.1. The molecule has 0 bridgehead atoms. The number of carboxylic acids is 1. The molecule has 0 rings (SSSR count). The number of amides is 1. The van der Waals surface area contributed by atoms with E-state index < -0.39 is 5.97 Å². The third-order valence-electron chi connectivity index (χ3n) is 3.74. The summed E-state index contributed by atoms with van der Waals surface area (Å²) in [6.07, 6.45) is 11.4. The lowest BCUT2D eigenvalue weighted by molar-refractivity contribution is -0.145. The first kappa shape index (κ1) is 19.9. The van der Waals surface area contributed by atoms with E-state index in [2.05, 4.69) is 6.92 Å². The maximum Gasteiger partial charge on any atom is 0.323 e. The Morgan fingerprint density at radius 3 is 1.81 bits per heavy atom. The first-order valence-corrected chi connectivity index (χ1v) is 8.50. The maximum absolute atomic E-state index is 12.0. The van der Waals surface area contributed by atoms with Crippen molar-refractivity contribution in [1.29, 1.82) is 0 Å². The standard InChI is InChI=1S/C17H33NO3/c1-4-5-6-7-8-9-10-11-12-13-16(19)18(15(2)3)14-17(20)21/h15H,4-14H2,1-3H3,(H,20,21). The van der Waals surface area contributed by atoms with Crippen molar-refractivity contribution in [2.75, 3.05) is 6.54 Å². The van der Waals surface area contributed by atoms with Crippen molar-refractivity contribution in [3.05, 3.63) is 0 Å². The third kappa shape index (κ3) is 11.3. The Bertz CT molecular complexity index is 290. The molecule has 0 heterocycles. The van der Waals surface area contributed by atoms with E-state index in [0.29, 0.717) is 6.42 Å². The minimum atomic E-state index is -0.941. The molecule has 0 aliphatic carbocycles. The van der Waals surface area contributed by atoms with Gasteiger partial charge in [-0.3, -0.25) is 9.59 Å². The molecule has 0 aromatic heterocycles. The molecule has 1 amide bonds. The third-order valence-corrected chi connectivity index (χ3v) is 3.74. The highest BCUT2D eigenvalue weighted by molar-refractivity contribution is 5.81. The number of carbonyl (C=O) groups is 2. The van der Waals surface area contributed by atoms with Gasteiger partial charge in [0.2, 0.25) is 5.91 Å². The van der Waals surface area contributed by atoms with E-state index >= 15 is 0 Å². The van der Waals surface area contributed by atoms with E-state index in [0.717, 1.165) is 12.8 Å². The fourth-order valence-electron chi connectivity index (χ4n) is 2.43. The lowest BCUT2D eigenvalue weighted by atomic mass is 10.1. The Morgan fingerprint density at radius 2 is 1.38 bits per heavy atom. The van der Waals surface area contributed by atoms with Crippen molar-refractivity contribution in [2.45, 2.75) is 91.0 Å². The molecule has 0 fully saturated rings. The van der Waals surface area contributed by atoms with Crippen LogP contribution in [0.15, 0.2) is 0 Å². The number of carbonyl (C=O) groups excluding carboxylic acids is 1. The fraction of sp³-hybridized carbons (Fsp3) is 0.882. The first-order chi connectivity index (χ1) is 9.99. The molecular formula is C17H33NO3. The minimum Gasteiger partial charge on any atom is -0.480 e. The Kier molecular flexibility index (Phi) is 12.0. The van der Waals surface area contributed by atoms with Crippen LogP contribution in [0, 0.1) is 0 Å². The highest BCUT2D eigenvalue weighted by Gasteiger charge is 2.18. The van der Waals surface area contributed by atoms with Crippen molar-refractivity contribution in [3.63, 3.8) is 0 Å². The van der Waals surface area contributed by atoms with Gasteiger partial charge < -0.3 is 10.0 Å². The molecule has 0 aliphatic heterocycles. The van der Waals surface area contributed by atoms with Crippen LogP contribution in [0.4, 0.5) is 0 Å². The quantitative estimate of drug-likeness (QED) is 0.518. The van der Waals surface area contributed by atoms with Gasteiger partial charge in [-0.2, -0.15) is 0 Å². The Labute approximate surface area is 129 Å². The molecule has 124 valence electrons. The van der Waals surface area contributed by atoms with Gasteiger partial charge in [-0.15, -0.1) is 0 Å². The fourth-order valence-corrected chi connectivity index (χ4v) is 2.43. The molecule has 4 nitrogen and oxygen atoms in total. The molecule has 0 unspecified atom stereocenters. The number of hydrogen-bond acceptors (Lipinski definition) is 2. The molecule has 21 heavy (non-hydrogen) atoms. The predicted molar refractivity (Wildman–Crippen MR) is 86.3 cm³/mol. The molecule has 0 atom stereocenters. The number of aliphatic carboxylic acids is 1. The zero-order valence-corrected chi connectivity index (χ0v) is 14.1. The van der Waals surface area contributed by atoms with Crippen molar-refractivity contribution in [3.8, 4) is 0 Å². The van der Waals surface area contributed by atoms with Crippen LogP contribution in [0.3, 0.4) is 0 Å². The monoisotopic (exact) mass is 299 g/mol. The summed E-state index contributed by atoms with van der Waals surface area (Å²) < 4.78 is 0. The maximum atomic E-state index is 12.0. The largest absolute Gasteiger partial charge is 0.480 e. The van der Waals surface area contributed by atoms with E-state index in [1.54, 1.807) is 0 Å². The molecule has 0 aromatic carbocycles. The molecule has 1 N–H and O–H groups in total. The predicted octanol–water partition coefficient (Wildman–Crippen LogP) is 4.23. The van der Waals surface area contributed by atoms with Gasteiger partial charge in [-0.1, -0.05) is 58.3 Å². The molecule has 0 aliphatic rings. The molecule has 0 spiro atoms. The van der Waals surface area contributed by atoms with Gasteiger partial charge in [-0.05, 0) is 20.3 Å². The molecule has 0 saturated carbocycles. The summed E-state index contributed by atoms with van der Waals surface area (Å²) in [6, 6.07) is -0.0489. The molecule has 0 aromatic rings. The normalized spacial score (nSPS) is 10.9. The van der Waals surface area contributed by atoms with Crippen molar-refractivity contribution >= 4 is 11.9 Å². The summed E-state index contributed by atoms with van der Waals surface area (Å²) in [7, 11) is 0. The number of carboxylic acid groups (broad SMARTS) is 1. The second-order valence-corrected chi connectivity index (χ2v) is 6.09. The summed E-state index contributed by atoms with van der Waals surface area (Å²) in [5, 5.41) is 8.82. The number of nitrogens with zero attached hydrogens (tertiary/aromatic N) is 1. The highest BCUT2D eigenvalue weighted by atomic mass is 16.4. The smallest absolute Gasteiger partial charge is 0.323 e. The van der Waals surface area contributed by atoms with E-state index in [-0.39, 0.29) is 18.5 Å². The van der Waals surface area contributed by atoms with Gasteiger partial charge in [0.1, 0.15) is 6.54 Å². The Hall–Kier alpha value is -1.06. The zero-order valence-electron chi connectivity index (χ0n) is 14.1. The SMILES string of the molecule is CCCCCCCCCCCC(=O)N(CC(=O)O)C(C)C. The molecule has 0 radical (unpaired) electrons. The van der Waals surface area contributed by atoms with Crippen LogP contribution in [0.2, 0.25) is 0 Å².